The number of benzene rings is 2. The predicted molar refractivity (Wildman–Crippen MR) is 103 cm³/mol. The Bertz CT molecular complexity index is 1100. The minimum atomic E-state index is -3.04. The third kappa shape index (κ3) is 4.57. The van der Waals surface area contributed by atoms with E-state index < -0.39 is 21.7 Å². The van der Waals surface area contributed by atoms with Gasteiger partial charge in [-0.2, -0.15) is 0 Å². The lowest BCUT2D eigenvalue weighted by Crippen LogP contribution is -2.09. The van der Waals surface area contributed by atoms with Crippen LogP contribution in [0, 0.1) is 23.3 Å². The van der Waals surface area contributed by atoms with Crippen molar-refractivity contribution in [3.05, 3.63) is 81.8 Å². The fourth-order valence-corrected chi connectivity index (χ4v) is 3.84. The van der Waals surface area contributed by atoms with E-state index in [1.165, 1.54) is 36.6 Å². The minimum absolute atomic E-state index is 0.0730. The Balaban J connectivity index is 1.98. The first-order valence-electron chi connectivity index (χ1n) is 8.26. The highest BCUT2D eigenvalue weighted by molar-refractivity contribution is 7.91. The van der Waals surface area contributed by atoms with Gasteiger partial charge in [-0.05, 0) is 42.3 Å². The summed E-state index contributed by atoms with van der Waals surface area (Å²) in [6.07, 6.45) is 0.501. The van der Waals surface area contributed by atoms with Crippen molar-refractivity contribution >= 4 is 21.3 Å². The number of halogens is 3. The number of ether oxygens (including phenoxy) is 1. The van der Waals surface area contributed by atoms with E-state index >= 15 is 0 Å². The Morgan fingerprint density at radius 2 is 1.93 bits per heavy atom. The van der Waals surface area contributed by atoms with Crippen LogP contribution in [-0.2, 0) is 21.1 Å². The second-order valence-corrected chi connectivity index (χ2v) is 8.87. The third-order valence-electron chi connectivity index (χ3n) is 4.05. The van der Waals surface area contributed by atoms with Gasteiger partial charge in [0.1, 0.15) is 23.6 Å². The molecule has 0 unspecified atom stereocenters. The average molecular weight is 426 g/mol. The van der Waals surface area contributed by atoms with Crippen molar-refractivity contribution in [2.45, 2.75) is 24.7 Å². The molecule has 148 valence electrons. The highest BCUT2D eigenvalue weighted by Crippen LogP contribution is 2.30. The van der Waals surface area contributed by atoms with Crippen LogP contribution in [0.15, 0.2) is 47.5 Å². The molecule has 5 nitrogen and oxygen atoms in total. The lowest BCUT2D eigenvalue weighted by atomic mass is 10.1. The molecule has 0 amide bonds. The van der Waals surface area contributed by atoms with E-state index in [4.69, 9.17) is 21.1 Å². The molecule has 2 N–H and O–H groups in total. The van der Waals surface area contributed by atoms with Crippen molar-refractivity contribution in [1.82, 2.24) is 9.97 Å². The van der Waals surface area contributed by atoms with Gasteiger partial charge in [0.05, 0.1) is 21.4 Å². The maximum absolute atomic E-state index is 13.6. The summed E-state index contributed by atoms with van der Waals surface area (Å²) in [5, 5.41) is 0.0576. The Morgan fingerprint density at radius 1 is 1.25 bits per heavy atom. The van der Waals surface area contributed by atoms with Crippen LogP contribution in [0.3, 0.4) is 0 Å². The van der Waals surface area contributed by atoms with Gasteiger partial charge in [0, 0.05) is 11.9 Å². The predicted octanol–water partition coefficient (Wildman–Crippen LogP) is 4.99. The van der Waals surface area contributed by atoms with Crippen molar-refractivity contribution in [2.24, 2.45) is 0 Å². The quantitative estimate of drug-likeness (QED) is 0.583. The van der Waals surface area contributed by atoms with Gasteiger partial charge in [0.15, 0.2) is 5.03 Å². The molecule has 3 rings (SSSR count). The van der Waals surface area contributed by atoms with Gasteiger partial charge in [0.25, 0.3) is 0 Å². The van der Waals surface area contributed by atoms with Gasteiger partial charge in [-0.25, -0.2) is 22.8 Å². The number of imidazole rings is 1. The zero-order valence-electron chi connectivity index (χ0n) is 15.1. The Labute approximate surface area is 166 Å². The lowest BCUT2D eigenvalue weighted by molar-refractivity contribution is 0.0613. The van der Waals surface area contributed by atoms with Crippen LogP contribution >= 0.6 is 11.6 Å². The summed E-state index contributed by atoms with van der Waals surface area (Å²) in [7, 11) is -3.04. The molecule has 0 aliphatic rings. The van der Waals surface area contributed by atoms with Crippen LogP contribution in [-0.4, -0.2) is 20.4 Å². The van der Waals surface area contributed by atoms with Gasteiger partial charge in [0.2, 0.25) is 0 Å². The van der Waals surface area contributed by atoms with Crippen molar-refractivity contribution in [3.8, 4) is 0 Å². The first kappa shape index (κ1) is 20.4. The number of hydrogen-bond acceptors (Lipinski definition) is 4. The fraction of sp³-hybridized carbons (Fsp3) is 0.211. The number of nitrogens with zero attached hydrogens (tertiary/aromatic N) is 1. The molecule has 3 aromatic rings. The minimum Gasteiger partial charge on any atom is -0.361 e. The Kier molecular flexibility index (Phi) is 5.83. The molecule has 0 saturated carbocycles. The largest absolute Gasteiger partial charge is 0.361 e. The lowest BCUT2D eigenvalue weighted by Gasteiger charge is -2.17. The standard InChI is InChI=1S/C19H18ClF2N3O2S/c1-11-19(28(2,23)26)25-18(24-11)17(13-5-8-16(22)15(20)9-13)27-10-12-3-6-14(21)7-4-12/h3-9,17,23H,10H2,1-2H3,(H,24,25)/t17-,28-/m0/s1. The first-order chi connectivity index (χ1) is 13.1. The number of hydrogen-bond donors (Lipinski definition) is 2. The monoisotopic (exact) mass is 425 g/mol. The smallest absolute Gasteiger partial charge is 0.156 e. The van der Waals surface area contributed by atoms with Crippen LogP contribution < -0.4 is 0 Å². The highest BCUT2D eigenvalue weighted by atomic mass is 35.5. The number of aromatic nitrogens is 2. The molecule has 0 saturated heterocycles. The summed E-state index contributed by atoms with van der Waals surface area (Å²) in [5.74, 6) is -0.606. The molecular formula is C19H18ClF2N3O2S. The molecule has 2 aromatic carbocycles. The second-order valence-electron chi connectivity index (χ2n) is 6.39. The molecule has 0 radical (unpaired) electrons. The number of aromatic amines is 1. The molecule has 2 atom stereocenters. The maximum Gasteiger partial charge on any atom is 0.156 e. The number of rotatable bonds is 6. The number of aryl methyl sites for hydroxylation is 1. The first-order valence-corrected chi connectivity index (χ1v) is 10.6. The van der Waals surface area contributed by atoms with Crippen molar-refractivity contribution in [2.75, 3.05) is 6.26 Å². The summed E-state index contributed by atoms with van der Waals surface area (Å²) in [4.78, 5) is 7.29. The number of nitrogens with one attached hydrogen (secondary N) is 2. The normalized spacial score (nSPS) is 14.6. The van der Waals surface area contributed by atoms with E-state index in [1.54, 1.807) is 19.1 Å². The van der Waals surface area contributed by atoms with Crippen LogP contribution in [0.4, 0.5) is 8.78 Å². The molecule has 0 fully saturated rings. The van der Waals surface area contributed by atoms with E-state index in [-0.39, 0.29) is 22.5 Å². The zero-order valence-corrected chi connectivity index (χ0v) is 16.7. The average Bonchev–Trinajstić information content (AvgIpc) is 3.01. The van der Waals surface area contributed by atoms with Gasteiger partial charge in [-0.15, -0.1) is 0 Å². The summed E-state index contributed by atoms with van der Waals surface area (Å²) in [6, 6.07) is 9.98. The van der Waals surface area contributed by atoms with E-state index in [0.29, 0.717) is 17.1 Å². The van der Waals surface area contributed by atoms with Gasteiger partial charge in [-0.1, -0.05) is 29.8 Å². The van der Waals surface area contributed by atoms with Gasteiger partial charge < -0.3 is 9.72 Å². The van der Waals surface area contributed by atoms with Crippen molar-refractivity contribution in [3.63, 3.8) is 0 Å². The molecule has 0 aliphatic carbocycles. The Hall–Kier alpha value is -2.29. The van der Waals surface area contributed by atoms with Crippen LogP contribution in [0.1, 0.15) is 28.7 Å². The molecule has 0 bridgehead atoms. The van der Waals surface area contributed by atoms with Crippen LogP contribution in [0.25, 0.3) is 0 Å². The van der Waals surface area contributed by atoms with E-state index in [1.807, 2.05) is 0 Å². The highest BCUT2D eigenvalue weighted by Gasteiger charge is 2.23. The topological polar surface area (TPSA) is 78.8 Å². The molecule has 1 aromatic heterocycles. The third-order valence-corrected chi connectivity index (χ3v) is 5.48. The summed E-state index contributed by atoms with van der Waals surface area (Å²) in [5.41, 5.74) is 1.74. The zero-order chi connectivity index (χ0) is 20.5. The maximum atomic E-state index is 13.6. The molecule has 28 heavy (non-hydrogen) atoms. The molecule has 0 aliphatic heterocycles. The molecule has 9 heteroatoms. The number of H-pyrrole nitrogens is 1. The fourth-order valence-electron chi connectivity index (χ4n) is 2.74. The molecular weight excluding hydrogens is 408 g/mol. The van der Waals surface area contributed by atoms with Crippen LogP contribution in [0.2, 0.25) is 5.02 Å². The molecule has 1 heterocycles. The summed E-state index contributed by atoms with van der Waals surface area (Å²) in [6.45, 7) is 1.79. The van der Waals surface area contributed by atoms with Gasteiger partial charge >= 0.3 is 0 Å². The second kappa shape index (κ2) is 7.98. The molecule has 0 spiro atoms. The summed E-state index contributed by atoms with van der Waals surface area (Å²) < 4.78 is 52.6. The summed E-state index contributed by atoms with van der Waals surface area (Å²) >= 11 is 5.91. The van der Waals surface area contributed by atoms with Gasteiger partial charge in [-0.3, -0.25) is 0 Å². The van der Waals surface area contributed by atoms with Crippen LogP contribution in [0.5, 0.6) is 0 Å². The SMILES string of the molecule is Cc1[nH]c([C@@H](OCc2ccc(F)cc2)c2ccc(F)c(Cl)c2)nc1[S@@](C)(=N)=O. The van der Waals surface area contributed by atoms with Crippen molar-refractivity contribution < 1.29 is 17.7 Å². The van der Waals surface area contributed by atoms with E-state index in [9.17, 15) is 13.0 Å². The van der Waals surface area contributed by atoms with E-state index in [0.717, 1.165) is 5.56 Å². The Morgan fingerprint density at radius 3 is 2.50 bits per heavy atom. The van der Waals surface area contributed by atoms with Crippen molar-refractivity contribution in [1.29, 1.82) is 4.78 Å². The van der Waals surface area contributed by atoms with E-state index in [2.05, 4.69) is 9.97 Å².